The summed E-state index contributed by atoms with van der Waals surface area (Å²) in [6, 6.07) is 0. The Kier molecular flexibility index (Phi) is 3.27. The van der Waals surface area contributed by atoms with E-state index in [0.29, 0.717) is 11.7 Å². The monoisotopic (exact) mass is 272 g/mol. The van der Waals surface area contributed by atoms with E-state index in [1.54, 1.807) is 0 Å². The van der Waals surface area contributed by atoms with Crippen LogP contribution in [0.25, 0.3) is 0 Å². The molecule has 1 heteroatoms. The van der Waals surface area contributed by atoms with E-state index in [2.05, 4.69) is 19.1 Å². The average molecular weight is 272 g/mol. The smallest absolute Gasteiger partial charge is 0.136 e. The summed E-state index contributed by atoms with van der Waals surface area (Å²) in [5.41, 5.74) is 0. The lowest BCUT2D eigenvalue weighted by Crippen LogP contribution is -2.34. The van der Waals surface area contributed by atoms with E-state index >= 15 is 0 Å². The maximum Gasteiger partial charge on any atom is 0.136 e. The fourth-order valence-corrected chi connectivity index (χ4v) is 6.30. The van der Waals surface area contributed by atoms with Crippen molar-refractivity contribution in [2.45, 2.75) is 58.3 Å². The van der Waals surface area contributed by atoms with Crippen molar-refractivity contribution in [2.24, 2.45) is 41.4 Å². The van der Waals surface area contributed by atoms with E-state index in [0.717, 1.165) is 48.3 Å². The van der Waals surface area contributed by atoms with Crippen molar-refractivity contribution in [1.82, 2.24) is 0 Å². The fourth-order valence-electron chi connectivity index (χ4n) is 6.30. The number of carbonyl (C=O) groups excluding carboxylic acids is 1. The number of allylic oxidation sites excluding steroid dienone is 2. The van der Waals surface area contributed by atoms with Gasteiger partial charge in [0.2, 0.25) is 0 Å². The van der Waals surface area contributed by atoms with Gasteiger partial charge in [-0.15, -0.1) is 0 Å². The molecule has 0 N–H and O–H groups in total. The molecule has 20 heavy (non-hydrogen) atoms. The molecule has 4 bridgehead atoms. The zero-order valence-electron chi connectivity index (χ0n) is 12.8. The minimum Gasteiger partial charge on any atom is -0.299 e. The highest BCUT2D eigenvalue weighted by molar-refractivity contribution is 5.82. The van der Waals surface area contributed by atoms with E-state index in [1.807, 2.05) is 0 Å². The topological polar surface area (TPSA) is 17.1 Å². The molecule has 0 aromatic heterocycles. The van der Waals surface area contributed by atoms with Crippen molar-refractivity contribution in [3.8, 4) is 0 Å². The first-order chi connectivity index (χ1) is 9.79. The third-order valence-corrected chi connectivity index (χ3v) is 6.96. The number of Topliss-reactive ketones (excluding diaryl/α,β-unsaturated/α-hetero) is 1. The van der Waals surface area contributed by atoms with Crippen molar-refractivity contribution in [3.63, 3.8) is 0 Å². The number of hydrogen-bond acceptors (Lipinski definition) is 1. The lowest BCUT2D eigenvalue weighted by atomic mass is 9.68. The number of unbranched alkanes of at least 4 members (excludes halogenated alkanes) is 3. The fraction of sp³-hybridized carbons (Fsp3) is 0.842. The Balaban J connectivity index is 1.38. The molecule has 3 saturated carbocycles. The van der Waals surface area contributed by atoms with E-state index < -0.39 is 0 Å². The second-order valence-corrected chi connectivity index (χ2v) is 7.88. The second kappa shape index (κ2) is 5.00. The molecule has 0 heterocycles. The van der Waals surface area contributed by atoms with Crippen molar-refractivity contribution < 1.29 is 4.79 Å². The van der Waals surface area contributed by atoms with Crippen molar-refractivity contribution >= 4 is 5.78 Å². The summed E-state index contributed by atoms with van der Waals surface area (Å²) < 4.78 is 0. The van der Waals surface area contributed by atoms with Crippen LogP contribution >= 0.6 is 0 Å². The Hall–Kier alpha value is -0.590. The maximum absolute atomic E-state index is 12.6. The van der Waals surface area contributed by atoms with Gasteiger partial charge in [-0.1, -0.05) is 38.3 Å². The Morgan fingerprint density at radius 1 is 1.00 bits per heavy atom. The first-order valence-electron chi connectivity index (χ1n) is 9.00. The van der Waals surface area contributed by atoms with Gasteiger partial charge in [-0.05, 0) is 61.2 Å². The summed E-state index contributed by atoms with van der Waals surface area (Å²) in [4.78, 5) is 12.6. The predicted molar refractivity (Wildman–Crippen MR) is 81.2 cm³/mol. The van der Waals surface area contributed by atoms with Crippen LogP contribution in [0.4, 0.5) is 0 Å². The molecule has 0 radical (unpaired) electrons. The maximum atomic E-state index is 12.6. The standard InChI is InChI=1S/C19H28O/c1-2-3-4-5-6-17(20)15-10-14-11-16(15)19-13-8-7-12(9-13)18(14)19/h7-8,12-16,18-19H,2-6,9-11H2,1H3. The summed E-state index contributed by atoms with van der Waals surface area (Å²) in [6.07, 6.45) is 14.8. The van der Waals surface area contributed by atoms with Gasteiger partial charge in [0, 0.05) is 12.3 Å². The van der Waals surface area contributed by atoms with Gasteiger partial charge in [0.05, 0.1) is 0 Å². The Morgan fingerprint density at radius 3 is 2.60 bits per heavy atom. The van der Waals surface area contributed by atoms with E-state index in [4.69, 9.17) is 0 Å². The first-order valence-corrected chi connectivity index (χ1v) is 9.00. The van der Waals surface area contributed by atoms with Gasteiger partial charge in [0.1, 0.15) is 5.78 Å². The van der Waals surface area contributed by atoms with E-state index in [9.17, 15) is 4.79 Å². The Bertz CT molecular complexity index is 423. The summed E-state index contributed by atoms with van der Waals surface area (Å²) in [6.45, 7) is 2.24. The number of rotatable bonds is 6. The molecule has 0 aromatic carbocycles. The van der Waals surface area contributed by atoms with Crippen molar-refractivity contribution in [1.29, 1.82) is 0 Å². The van der Waals surface area contributed by atoms with Crippen LogP contribution in [0.15, 0.2) is 12.2 Å². The van der Waals surface area contributed by atoms with Crippen LogP contribution in [-0.4, -0.2) is 5.78 Å². The highest BCUT2D eigenvalue weighted by atomic mass is 16.1. The van der Waals surface area contributed by atoms with Gasteiger partial charge >= 0.3 is 0 Å². The van der Waals surface area contributed by atoms with Gasteiger partial charge in [-0.3, -0.25) is 4.79 Å². The molecule has 1 nitrogen and oxygen atoms in total. The summed E-state index contributed by atoms with van der Waals surface area (Å²) in [5.74, 6) is 6.34. The molecular formula is C19H28O. The SMILES string of the molecule is CCCCCCC(=O)C1CC2CC1C1C3C=CC(C3)C21. The molecule has 4 rings (SSSR count). The molecule has 0 aromatic rings. The normalized spacial score (nSPS) is 47.1. The molecule has 0 spiro atoms. The minimum absolute atomic E-state index is 0.454. The molecule has 110 valence electrons. The Labute approximate surface area is 123 Å². The van der Waals surface area contributed by atoms with Gasteiger partial charge in [-0.25, -0.2) is 0 Å². The summed E-state index contributed by atoms with van der Waals surface area (Å²) in [7, 11) is 0. The molecule has 4 aliphatic carbocycles. The van der Waals surface area contributed by atoms with Crippen LogP contribution in [0.1, 0.15) is 58.3 Å². The quantitative estimate of drug-likeness (QED) is 0.392. The highest BCUT2D eigenvalue weighted by Crippen LogP contribution is 2.67. The summed E-state index contributed by atoms with van der Waals surface area (Å²) >= 11 is 0. The predicted octanol–water partition coefficient (Wildman–Crippen LogP) is 4.62. The van der Waals surface area contributed by atoms with E-state index in [1.165, 1.54) is 38.5 Å². The van der Waals surface area contributed by atoms with Gasteiger partial charge in [0.15, 0.2) is 0 Å². The summed E-state index contributed by atoms with van der Waals surface area (Å²) in [5, 5.41) is 0. The number of ketones is 1. The number of carbonyl (C=O) groups is 1. The minimum atomic E-state index is 0.454. The average Bonchev–Trinajstić information content (AvgIpc) is 3.20. The molecule has 7 unspecified atom stereocenters. The lowest BCUT2D eigenvalue weighted by Gasteiger charge is -2.36. The van der Waals surface area contributed by atoms with Crippen LogP contribution < -0.4 is 0 Å². The van der Waals surface area contributed by atoms with Gasteiger partial charge in [0.25, 0.3) is 0 Å². The van der Waals surface area contributed by atoms with Crippen molar-refractivity contribution in [2.75, 3.05) is 0 Å². The van der Waals surface area contributed by atoms with Crippen molar-refractivity contribution in [3.05, 3.63) is 12.2 Å². The van der Waals surface area contributed by atoms with Crippen LogP contribution in [0.2, 0.25) is 0 Å². The largest absolute Gasteiger partial charge is 0.299 e. The van der Waals surface area contributed by atoms with E-state index in [-0.39, 0.29) is 0 Å². The third-order valence-electron chi connectivity index (χ3n) is 6.96. The van der Waals surface area contributed by atoms with Crippen LogP contribution in [0.3, 0.4) is 0 Å². The Morgan fingerprint density at radius 2 is 1.80 bits per heavy atom. The molecule has 3 fully saturated rings. The zero-order chi connectivity index (χ0) is 13.7. The molecular weight excluding hydrogens is 244 g/mol. The molecule has 0 amide bonds. The molecule has 7 atom stereocenters. The molecule has 4 aliphatic rings. The molecule has 0 saturated heterocycles. The second-order valence-electron chi connectivity index (χ2n) is 7.88. The molecule has 0 aliphatic heterocycles. The first kappa shape index (κ1) is 13.1. The zero-order valence-corrected chi connectivity index (χ0v) is 12.8. The highest BCUT2D eigenvalue weighted by Gasteiger charge is 2.61. The van der Waals surface area contributed by atoms with Gasteiger partial charge < -0.3 is 0 Å². The number of hydrogen-bond donors (Lipinski definition) is 0. The van der Waals surface area contributed by atoms with Crippen LogP contribution in [0.5, 0.6) is 0 Å². The van der Waals surface area contributed by atoms with Gasteiger partial charge in [-0.2, -0.15) is 0 Å². The van der Waals surface area contributed by atoms with Crippen LogP contribution in [0, 0.1) is 41.4 Å². The third kappa shape index (κ3) is 1.84. The number of fused-ring (bicyclic) bond motifs is 9. The van der Waals surface area contributed by atoms with Crippen LogP contribution in [-0.2, 0) is 4.79 Å². The lowest BCUT2D eigenvalue weighted by molar-refractivity contribution is -0.125.